The summed E-state index contributed by atoms with van der Waals surface area (Å²) >= 11 is 0. The van der Waals surface area contributed by atoms with Gasteiger partial charge in [0.2, 0.25) is 0 Å². The van der Waals surface area contributed by atoms with E-state index in [9.17, 15) is 4.79 Å². The largest absolute Gasteiger partial charge is 0.382 e. The van der Waals surface area contributed by atoms with Crippen molar-refractivity contribution in [3.8, 4) is 5.82 Å². The molecule has 0 fully saturated rings. The molecule has 0 saturated heterocycles. The van der Waals surface area contributed by atoms with Crippen LogP contribution < -0.4 is 11.5 Å². The third-order valence-electron chi connectivity index (χ3n) is 1.72. The van der Waals surface area contributed by atoms with E-state index >= 15 is 0 Å². The van der Waals surface area contributed by atoms with Crippen LogP contribution in [-0.2, 0) is 0 Å². The maximum Gasteiger partial charge on any atom is 0.269 e. The van der Waals surface area contributed by atoms with Crippen molar-refractivity contribution in [2.75, 3.05) is 5.73 Å². The second-order valence-electron chi connectivity index (χ2n) is 2.81. The highest BCUT2D eigenvalue weighted by atomic mass is 16.1. The van der Waals surface area contributed by atoms with Gasteiger partial charge in [-0.1, -0.05) is 0 Å². The number of carbonyl (C=O) groups is 1. The molecule has 15 heavy (non-hydrogen) atoms. The molecule has 2 aromatic rings. The van der Waals surface area contributed by atoms with Crippen LogP contribution in [0.3, 0.4) is 0 Å². The van der Waals surface area contributed by atoms with Gasteiger partial charge in [0, 0.05) is 6.20 Å². The van der Waals surface area contributed by atoms with Crippen molar-refractivity contribution in [1.82, 2.24) is 19.7 Å². The van der Waals surface area contributed by atoms with Gasteiger partial charge in [0.25, 0.3) is 5.91 Å². The first kappa shape index (κ1) is 9.13. The summed E-state index contributed by atoms with van der Waals surface area (Å²) in [6, 6.07) is 1.49. The van der Waals surface area contributed by atoms with Gasteiger partial charge in [0.1, 0.15) is 11.5 Å². The number of anilines is 1. The molecule has 0 aromatic carbocycles. The van der Waals surface area contributed by atoms with Gasteiger partial charge in [0.15, 0.2) is 5.82 Å². The number of rotatable bonds is 2. The van der Waals surface area contributed by atoms with E-state index in [4.69, 9.17) is 11.5 Å². The molecule has 0 aliphatic carbocycles. The van der Waals surface area contributed by atoms with Crippen molar-refractivity contribution in [1.29, 1.82) is 0 Å². The van der Waals surface area contributed by atoms with Crippen LogP contribution in [0.25, 0.3) is 5.82 Å². The van der Waals surface area contributed by atoms with Crippen LogP contribution in [0.4, 0.5) is 5.82 Å². The molecule has 1 amide bonds. The van der Waals surface area contributed by atoms with Crippen molar-refractivity contribution in [3.63, 3.8) is 0 Å². The number of primary amides is 1. The minimum atomic E-state index is -0.592. The second-order valence-corrected chi connectivity index (χ2v) is 2.81. The molecule has 4 N–H and O–H groups in total. The first-order valence-corrected chi connectivity index (χ1v) is 4.10. The number of hydrogen-bond donors (Lipinski definition) is 2. The van der Waals surface area contributed by atoms with E-state index in [1.807, 2.05) is 0 Å². The van der Waals surface area contributed by atoms with E-state index in [0.717, 1.165) is 0 Å². The second kappa shape index (κ2) is 3.37. The van der Waals surface area contributed by atoms with E-state index in [1.165, 1.54) is 23.1 Å². The predicted molar refractivity (Wildman–Crippen MR) is 52.1 cm³/mol. The topological polar surface area (TPSA) is 113 Å². The Bertz CT molecular complexity index is 505. The number of nitrogens with two attached hydrogens (primary N) is 2. The molecule has 2 aromatic heterocycles. The fraction of sp³-hybridized carbons (Fsp3) is 0. The maximum atomic E-state index is 10.8. The molecule has 0 radical (unpaired) electrons. The van der Waals surface area contributed by atoms with Crippen molar-refractivity contribution in [2.24, 2.45) is 5.73 Å². The van der Waals surface area contributed by atoms with E-state index in [2.05, 4.69) is 15.1 Å². The number of amides is 1. The molecule has 0 spiro atoms. The number of hydrogen-bond acceptors (Lipinski definition) is 5. The molecule has 7 heteroatoms. The average Bonchev–Trinajstić information content (AvgIpc) is 2.66. The van der Waals surface area contributed by atoms with E-state index in [1.54, 1.807) is 6.20 Å². The zero-order valence-electron chi connectivity index (χ0n) is 7.66. The lowest BCUT2D eigenvalue weighted by atomic mass is 10.4. The molecule has 0 aliphatic rings. The first-order valence-electron chi connectivity index (χ1n) is 4.10. The lowest BCUT2D eigenvalue weighted by Crippen LogP contribution is -2.12. The van der Waals surface area contributed by atoms with Crippen molar-refractivity contribution in [3.05, 3.63) is 30.4 Å². The van der Waals surface area contributed by atoms with Crippen LogP contribution >= 0.6 is 0 Å². The van der Waals surface area contributed by atoms with Crippen LogP contribution in [0, 0.1) is 0 Å². The molecule has 7 nitrogen and oxygen atoms in total. The van der Waals surface area contributed by atoms with E-state index < -0.39 is 5.91 Å². The molecule has 0 aliphatic heterocycles. The van der Waals surface area contributed by atoms with Crippen molar-refractivity contribution < 1.29 is 4.79 Å². The van der Waals surface area contributed by atoms with Gasteiger partial charge in [-0.15, -0.1) is 0 Å². The molecule has 0 unspecified atom stereocenters. The minimum absolute atomic E-state index is 0.166. The lowest BCUT2D eigenvalue weighted by Gasteiger charge is -1.99. The number of nitrogen functional groups attached to an aromatic ring is 1. The minimum Gasteiger partial charge on any atom is -0.382 e. The number of aromatic nitrogens is 4. The Morgan fingerprint density at radius 3 is 2.80 bits per heavy atom. The van der Waals surface area contributed by atoms with Gasteiger partial charge in [0.05, 0.1) is 12.4 Å². The summed E-state index contributed by atoms with van der Waals surface area (Å²) in [5.41, 5.74) is 10.7. The average molecular weight is 204 g/mol. The van der Waals surface area contributed by atoms with Crippen molar-refractivity contribution in [2.45, 2.75) is 0 Å². The number of nitrogens with zero attached hydrogens (tertiary/aromatic N) is 4. The molecule has 76 valence electrons. The smallest absolute Gasteiger partial charge is 0.269 e. The fourth-order valence-electron chi connectivity index (χ4n) is 1.06. The lowest BCUT2D eigenvalue weighted by molar-refractivity contribution is 0.0995. The van der Waals surface area contributed by atoms with Gasteiger partial charge in [-0.25, -0.2) is 9.67 Å². The summed E-state index contributed by atoms with van der Waals surface area (Å²) in [5, 5.41) is 3.91. The molecule has 0 atom stereocenters. The Morgan fingerprint density at radius 2 is 2.20 bits per heavy atom. The van der Waals surface area contributed by atoms with E-state index in [0.29, 0.717) is 5.82 Å². The van der Waals surface area contributed by atoms with Crippen LogP contribution in [0.2, 0.25) is 0 Å². The SMILES string of the molecule is NC(=O)c1ccn(-c2cncc(N)n2)n1. The maximum absolute atomic E-state index is 10.8. The monoisotopic (exact) mass is 204 g/mol. The zero-order chi connectivity index (χ0) is 10.8. The highest BCUT2D eigenvalue weighted by molar-refractivity contribution is 5.90. The molecule has 0 bridgehead atoms. The molecule has 2 heterocycles. The van der Waals surface area contributed by atoms with Gasteiger partial charge in [-0.3, -0.25) is 9.78 Å². The van der Waals surface area contributed by atoms with Crippen LogP contribution in [-0.4, -0.2) is 25.7 Å². The Morgan fingerprint density at radius 1 is 1.40 bits per heavy atom. The highest BCUT2D eigenvalue weighted by Crippen LogP contribution is 2.04. The summed E-state index contributed by atoms with van der Waals surface area (Å²) < 4.78 is 1.38. The van der Waals surface area contributed by atoms with Gasteiger partial charge < -0.3 is 11.5 Å². The van der Waals surface area contributed by atoms with Crippen LogP contribution in [0.1, 0.15) is 10.5 Å². The Kier molecular flexibility index (Phi) is 2.05. The standard InChI is InChI=1S/C8H8N6O/c9-6-3-11-4-7(12-6)14-2-1-5(13-14)8(10)15/h1-4H,(H2,9,12)(H2,10,15). The predicted octanol–water partition coefficient (Wildman–Crippen LogP) is -0.657. The van der Waals surface area contributed by atoms with Crippen molar-refractivity contribution >= 4 is 11.7 Å². The molecule has 0 saturated carbocycles. The Hall–Kier alpha value is -2.44. The summed E-state index contributed by atoms with van der Waals surface area (Å²) in [6.45, 7) is 0. The third kappa shape index (κ3) is 1.75. The van der Waals surface area contributed by atoms with Gasteiger partial charge in [-0.2, -0.15) is 5.10 Å². The van der Waals surface area contributed by atoms with Crippen LogP contribution in [0.5, 0.6) is 0 Å². The summed E-state index contributed by atoms with van der Waals surface area (Å²) in [7, 11) is 0. The zero-order valence-corrected chi connectivity index (χ0v) is 7.66. The van der Waals surface area contributed by atoms with Gasteiger partial charge >= 0.3 is 0 Å². The molecular weight excluding hydrogens is 196 g/mol. The molecule has 2 rings (SSSR count). The van der Waals surface area contributed by atoms with Crippen LogP contribution in [0.15, 0.2) is 24.7 Å². The van der Waals surface area contributed by atoms with Gasteiger partial charge in [-0.05, 0) is 6.07 Å². The third-order valence-corrected chi connectivity index (χ3v) is 1.72. The summed E-state index contributed by atoms with van der Waals surface area (Å²) in [4.78, 5) is 18.6. The Labute approximate surface area is 84.7 Å². The number of carbonyl (C=O) groups excluding carboxylic acids is 1. The Balaban J connectivity index is 2.41. The summed E-state index contributed by atoms with van der Waals surface area (Å²) in [6.07, 6.45) is 4.46. The quantitative estimate of drug-likeness (QED) is 0.674. The first-order chi connectivity index (χ1) is 7.16. The fourth-order valence-corrected chi connectivity index (χ4v) is 1.06. The highest BCUT2D eigenvalue weighted by Gasteiger charge is 2.06. The normalized spacial score (nSPS) is 10.1. The molecular formula is C8H8N6O. The summed E-state index contributed by atoms with van der Waals surface area (Å²) in [5.74, 6) is 0.122. The van der Waals surface area contributed by atoms with E-state index in [-0.39, 0.29) is 11.5 Å².